The van der Waals surface area contributed by atoms with Gasteiger partial charge in [-0.05, 0) is 18.9 Å². The molecule has 0 atom stereocenters. The van der Waals surface area contributed by atoms with Gasteiger partial charge in [-0.25, -0.2) is 9.37 Å². The predicted molar refractivity (Wildman–Crippen MR) is 74.0 cm³/mol. The molecule has 0 spiro atoms. The third kappa shape index (κ3) is 2.91. The van der Waals surface area contributed by atoms with Gasteiger partial charge >= 0.3 is 5.69 Å². The fraction of sp³-hybridized carbons (Fsp3) is 0.308. The van der Waals surface area contributed by atoms with E-state index in [1.807, 2.05) is 0 Å². The van der Waals surface area contributed by atoms with E-state index in [9.17, 15) is 18.9 Å². The summed E-state index contributed by atoms with van der Waals surface area (Å²) >= 11 is 1.13. The lowest BCUT2D eigenvalue weighted by atomic mass is 10.2. The van der Waals surface area contributed by atoms with E-state index in [1.165, 1.54) is 6.20 Å². The molecule has 21 heavy (non-hydrogen) atoms. The highest BCUT2D eigenvalue weighted by Gasteiger charge is 2.25. The SMILES string of the molecule is O=[N+]([O-])c1ccc(F)c(-c2ncc(CNC3CC3)s2)c1F. The summed E-state index contributed by atoms with van der Waals surface area (Å²) in [5.41, 5.74) is -1.19. The van der Waals surface area contributed by atoms with Crippen LogP contribution in [0.2, 0.25) is 0 Å². The maximum Gasteiger partial charge on any atom is 0.305 e. The number of nitro groups is 1. The molecule has 2 aromatic rings. The number of benzene rings is 1. The summed E-state index contributed by atoms with van der Waals surface area (Å²) in [6, 6.07) is 2.22. The number of thiazole rings is 1. The zero-order valence-corrected chi connectivity index (χ0v) is 11.6. The van der Waals surface area contributed by atoms with Gasteiger partial charge in [0.05, 0.1) is 10.5 Å². The van der Waals surface area contributed by atoms with Gasteiger partial charge in [0.25, 0.3) is 0 Å². The lowest BCUT2D eigenvalue weighted by molar-refractivity contribution is -0.387. The first kappa shape index (κ1) is 14.0. The van der Waals surface area contributed by atoms with Crippen LogP contribution in [0.25, 0.3) is 10.6 Å². The summed E-state index contributed by atoms with van der Waals surface area (Å²) in [5.74, 6) is -2.04. The predicted octanol–water partition coefficient (Wildman–Crippen LogP) is 3.25. The van der Waals surface area contributed by atoms with Crippen molar-refractivity contribution in [3.63, 3.8) is 0 Å². The van der Waals surface area contributed by atoms with Crippen molar-refractivity contribution in [2.45, 2.75) is 25.4 Å². The van der Waals surface area contributed by atoms with Gasteiger partial charge in [-0.2, -0.15) is 4.39 Å². The van der Waals surface area contributed by atoms with Crippen LogP contribution in [0.15, 0.2) is 18.3 Å². The fourth-order valence-electron chi connectivity index (χ4n) is 1.92. The van der Waals surface area contributed by atoms with Gasteiger partial charge in [-0.3, -0.25) is 10.1 Å². The van der Waals surface area contributed by atoms with E-state index in [4.69, 9.17) is 0 Å². The Morgan fingerprint density at radius 3 is 2.86 bits per heavy atom. The quantitative estimate of drug-likeness (QED) is 0.680. The molecule has 8 heteroatoms. The number of halogens is 2. The van der Waals surface area contributed by atoms with Crippen molar-refractivity contribution in [1.29, 1.82) is 0 Å². The van der Waals surface area contributed by atoms with Crippen LogP contribution in [0.5, 0.6) is 0 Å². The van der Waals surface area contributed by atoms with Gasteiger partial charge in [-0.15, -0.1) is 11.3 Å². The highest BCUT2D eigenvalue weighted by Crippen LogP contribution is 2.34. The maximum atomic E-state index is 14.1. The minimum atomic E-state index is -1.18. The summed E-state index contributed by atoms with van der Waals surface area (Å²) in [5, 5.41) is 14.1. The van der Waals surface area contributed by atoms with Crippen molar-refractivity contribution < 1.29 is 13.7 Å². The van der Waals surface area contributed by atoms with Crippen molar-refractivity contribution in [2.75, 3.05) is 0 Å². The number of nitrogens with zero attached hydrogens (tertiary/aromatic N) is 2. The van der Waals surface area contributed by atoms with Gasteiger partial charge in [0.2, 0.25) is 5.82 Å². The Bertz CT molecular complexity index is 701. The number of hydrogen-bond acceptors (Lipinski definition) is 5. The molecule has 5 nitrogen and oxygen atoms in total. The van der Waals surface area contributed by atoms with Crippen molar-refractivity contribution >= 4 is 17.0 Å². The van der Waals surface area contributed by atoms with E-state index < -0.39 is 27.8 Å². The highest BCUT2D eigenvalue weighted by atomic mass is 32.1. The minimum Gasteiger partial charge on any atom is -0.309 e. The van der Waals surface area contributed by atoms with Crippen LogP contribution >= 0.6 is 11.3 Å². The highest BCUT2D eigenvalue weighted by molar-refractivity contribution is 7.15. The largest absolute Gasteiger partial charge is 0.309 e. The lowest BCUT2D eigenvalue weighted by Crippen LogP contribution is -2.14. The Balaban J connectivity index is 1.91. The molecule has 1 aliphatic carbocycles. The summed E-state index contributed by atoms with van der Waals surface area (Å²) in [7, 11) is 0. The second-order valence-corrected chi connectivity index (χ2v) is 5.91. The van der Waals surface area contributed by atoms with E-state index in [1.54, 1.807) is 0 Å². The van der Waals surface area contributed by atoms with Gasteiger partial charge in [-0.1, -0.05) is 0 Å². The third-order valence-electron chi connectivity index (χ3n) is 3.18. The Morgan fingerprint density at radius 2 is 2.19 bits per heavy atom. The summed E-state index contributed by atoms with van der Waals surface area (Å²) in [6.45, 7) is 0.584. The number of hydrogen-bond donors (Lipinski definition) is 1. The Labute approximate surface area is 122 Å². The second kappa shape index (κ2) is 5.45. The van der Waals surface area contributed by atoms with E-state index in [2.05, 4.69) is 10.3 Å². The van der Waals surface area contributed by atoms with E-state index >= 15 is 0 Å². The molecule has 1 heterocycles. The average Bonchev–Trinajstić information content (AvgIpc) is 3.15. The standard InChI is InChI=1S/C13H11F2N3O2S/c14-9-3-4-10(18(19)20)12(15)11(9)13-17-6-8(21-13)5-16-7-1-2-7/h3-4,6-7,16H,1-2,5H2. The Hall–Kier alpha value is -1.93. The molecule has 0 unspecified atom stereocenters. The van der Waals surface area contributed by atoms with Crippen LogP contribution in [0.3, 0.4) is 0 Å². The molecule has 1 N–H and O–H groups in total. The van der Waals surface area contributed by atoms with E-state index in [0.717, 1.165) is 41.2 Å². The number of nitro benzene ring substituents is 1. The molecule has 110 valence electrons. The molecule has 0 saturated heterocycles. The smallest absolute Gasteiger partial charge is 0.305 e. The molecule has 1 aliphatic rings. The number of rotatable bonds is 5. The Kier molecular flexibility index (Phi) is 3.64. The zero-order chi connectivity index (χ0) is 15.0. The summed E-state index contributed by atoms with van der Waals surface area (Å²) in [4.78, 5) is 14.7. The topological polar surface area (TPSA) is 68.1 Å². The molecule has 0 aliphatic heterocycles. The van der Waals surface area contributed by atoms with Crippen molar-refractivity contribution in [2.24, 2.45) is 0 Å². The van der Waals surface area contributed by atoms with Crippen LogP contribution in [0.4, 0.5) is 14.5 Å². The van der Waals surface area contributed by atoms with Crippen LogP contribution in [0.1, 0.15) is 17.7 Å². The summed E-state index contributed by atoms with van der Waals surface area (Å²) < 4.78 is 27.9. The molecule has 1 aromatic carbocycles. The average molecular weight is 311 g/mol. The van der Waals surface area contributed by atoms with Crippen molar-refractivity contribution in [3.05, 3.63) is 45.0 Å². The van der Waals surface area contributed by atoms with Crippen LogP contribution in [0, 0.1) is 21.7 Å². The third-order valence-corrected chi connectivity index (χ3v) is 4.19. The molecule has 3 rings (SSSR count). The lowest BCUT2D eigenvalue weighted by Gasteiger charge is -2.02. The normalized spacial score (nSPS) is 14.4. The molecule has 0 radical (unpaired) electrons. The van der Waals surface area contributed by atoms with Gasteiger partial charge in [0.15, 0.2) is 0 Å². The first-order valence-corrected chi connectivity index (χ1v) is 7.18. The van der Waals surface area contributed by atoms with E-state index in [-0.39, 0.29) is 5.01 Å². The molecule has 1 aromatic heterocycles. The molecular formula is C13H11F2N3O2S. The summed E-state index contributed by atoms with van der Waals surface area (Å²) in [6.07, 6.45) is 3.81. The molecule has 1 saturated carbocycles. The van der Waals surface area contributed by atoms with E-state index in [0.29, 0.717) is 12.6 Å². The van der Waals surface area contributed by atoms with Crippen LogP contribution in [-0.2, 0) is 6.54 Å². The van der Waals surface area contributed by atoms with Gasteiger partial charge in [0, 0.05) is 29.7 Å². The number of nitrogens with one attached hydrogen (secondary N) is 1. The second-order valence-electron chi connectivity index (χ2n) is 4.80. The van der Waals surface area contributed by atoms with Gasteiger partial charge in [0.1, 0.15) is 10.8 Å². The monoisotopic (exact) mass is 311 g/mol. The first-order valence-electron chi connectivity index (χ1n) is 6.37. The van der Waals surface area contributed by atoms with Crippen molar-refractivity contribution in [3.8, 4) is 10.6 Å². The number of aromatic nitrogens is 1. The molecule has 1 fully saturated rings. The zero-order valence-electron chi connectivity index (χ0n) is 10.8. The minimum absolute atomic E-state index is 0.112. The van der Waals surface area contributed by atoms with Crippen LogP contribution < -0.4 is 5.32 Å². The van der Waals surface area contributed by atoms with Gasteiger partial charge < -0.3 is 5.32 Å². The fourth-order valence-corrected chi connectivity index (χ4v) is 2.82. The Morgan fingerprint density at radius 1 is 1.43 bits per heavy atom. The van der Waals surface area contributed by atoms with Crippen molar-refractivity contribution in [1.82, 2.24) is 10.3 Å². The first-order chi connectivity index (χ1) is 10.1. The maximum absolute atomic E-state index is 14.1. The van der Waals surface area contributed by atoms with Crippen LogP contribution in [-0.4, -0.2) is 15.9 Å². The molecule has 0 bridgehead atoms. The molecule has 0 amide bonds. The molecular weight excluding hydrogens is 300 g/mol.